The van der Waals surface area contributed by atoms with Crippen LogP contribution in [0.2, 0.25) is 0 Å². The van der Waals surface area contributed by atoms with Crippen molar-refractivity contribution in [3.63, 3.8) is 0 Å². The Bertz CT molecular complexity index is 743. The van der Waals surface area contributed by atoms with Gasteiger partial charge in [-0.05, 0) is 36.7 Å². The molecule has 2 aromatic rings. The number of anilines is 1. The van der Waals surface area contributed by atoms with Crippen LogP contribution in [-0.2, 0) is 5.41 Å². The average Bonchev–Trinajstić information content (AvgIpc) is 3.11. The van der Waals surface area contributed by atoms with E-state index in [0.717, 1.165) is 19.4 Å². The summed E-state index contributed by atoms with van der Waals surface area (Å²) in [7, 11) is 0. The van der Waals surface area contributed by atoms with Crippen molar-refractivity contribution in [2.24, 2.45) is 0 Å². The van der Waals surface area contributed by atoms with Gasteiger partial charge in [0.1, 0.15) is 12.0 Å². The zero-order valence-electron chi connectivity index (χ0n) is 13.8. The van der Waals surface area contributed by atoms with E-state index in [1.165, 1.54) is 30.7 Å². The third-order valence-electron chi connectivity index (χ3n) is 4.73. The molecule has 0 amide bonds. The summed E-state index contributed by atoms with van der Waals surface area (Å²) in [6, 6.07) is 13.5. The predicted molar refractivity (Wildman–Crippen MR) is 102 cm³/mol. The minimum atomic E-state index is -0.475. The van der Waals surface area contributed by atoms with Gasteiger partial charge in [0, 0.05) is 18.0 Å². The summed E-state index contributed by atoms with van der Waals surface area (Å²) in [5, 5.41) is 17.4. The van der Waals surface area contributed by atoms with Crippen molar-refractivity contribution in [3.8, 4) is 0 Å². The van der Waals surface area contributed by atoms with Crippen LogP contribution in [0.4, 0.5) is 11.5 Å². The van der Waals surface area contributed by atoms with Gasteiger partial charge in [0.2, 0.25) is 0 Å². The molecule has 1 saturated carbocycles. The van der Waals surface area contributed by atoms with Crippen LogP contribution in [0.5, 0.6) is 0 Å². The number of pyridine rings is 1. The first kappa shape index (κ1) is 17.3. The van der Waals surface area contributed by atoms with Crippen molar-refractivity contribution in [2.45, 2.75) is 31.1 Å². The van der Waals surface area contributed by atoms with Gasteiger partial charge in [0.25, 0.3) is 5.69 Å². The molecule has 1 aromatic carbocycles. The number of hydrogen-bond donors (Lipinski definition) is 2. The number of benzene rings is 1. The van der Waals surface area contributed by atoms with Crippen LogP contribution >= 0.6 is 12.2 Å². The molecule has 0 aliphatic heterocycles. The molecule has 1 heterocycles. The average molecular weight is 356 g/mol. The summed E-state index contributed by atoms with van der Waals surface area (Å²) in [5.41, 5.74) is 1.41. The standard InChI is InChI=1S/C18H20N4O2S/c23-22(24)15-8-9-16(19-12-15)21-17(25)20-13-18(10-4-5-11-18)14-6-2-1-3-7-14/h1-3,6-9,12H,4-5,10-11,13H2,(H2,19,20,21,25). The number of nitrogens with one attached hydrogen (secondary N) is 2. The Balaban J connectivity index is 1.61. The molecular weight excluding hydrogens is 336 g/mol. The van der Waals surface area contributed by atoms with Gasteiger partial charge in [-0.3, -0.25) is 10.1 Å². The molecule has 7 heteroatoms. The van der Waals surface area contributed by atoms with Gasteiger partial charge in [-0.25, -0.2) is 4.98 Å². The SMILES string of the molecule is O=[N+]([O-])c1ccc(NC(=S)NCC2(c3ccccc3)CCCC2)nc1. The lowest BCUT2D eigenvalue weighted by atomic mass is 9.79. The Kier molecular flexibility index (Phi) is 5.23. The number of nitro groups is 1. The molecule has 25 heavy (non-hydrogen) atoms. The van der Waals surface area contributed by atoms with Crippen LogP contribution in [-0.4, -0.2) is 21.6 Å². The summed E-state index contributed by atoms with van der Waals surface area (Å²) >= 11 is 5.36. The van der Waals surface area contributed by atoms with Gasteiger partial charge in [0.15, 0.2) is 5.11 Å². The normalized spacial score (nSPS) is 15.5. The van der Waals surface area contributed by atoms with Crippen molar-refractivity contribution in [2.75, 3.05) is 11.9 Å². The second-order valence-corrected chi connectivity index (χ2v) is 6.73. The Morgan fingerprint density at radius 1 is 1.20 bits per heavy atom. The Morgan fingerprint density at radius 3 is 2.52 bits per heavy atom. The maximum absolute atomic E-state index is 10.7. The second kappa shape index (κ2) is 7.57. The van der Waals surface area contributed by atoms with E-state index in [0.29, 0.717) is 10.9 Å². The van der Waals surface area contributed by atoms with Gasteiger partial charge in [-0.15, -0.1) is 0 Å². The zero-order chi connectivity index (χ0) is 17.7. The monoisotopic (exact) mass is 356 g/mol. The van der Waals surface area contributed by atoms with Crippen molar-refractivity contribution < 1.29 is 4.92 Å². The molecule has 0 radical (unpaired) electrons. The second-order valence-electron chi connectivity index (χ2n) is 6.32. The third-order valence-corrected chi connectivity index (χ3v) is 4.98. The molecule has 0 bridgehead atoms. The summed E-state index contributed by atoms with van der Waals surface area (Å²) in [6.45, 7) is 0.760. The first-order valence-corrected chi connectivity index (χ1v) is 8.71. The fourth-order valence-corrected chi connectivity index (χ4v) is 3.57. The fourth-order valence-electron chi connectivity index (χ4n) is 3.39. The highest BCUT2D eigenvalue weighted by Crippen LogP contribution is 2.40. The van der Waals surface area contributed by atoms with Crippen LogP contribution < -0.4 is 10.6 Å². The fraction of sp³-hybridized carbons (Fsp3) is 0.333. The van der Waals surface area contributed by atoms with E-state index in [1.54, 1.807) is 6.07 Å². The van der Waals surface area contributed by atoms with Gasteiger partial charge < -0.3 is 10.6 Å². The van der Waals surface area contributed by atoms with E-state index < -0.39 is 4.92 Å². The summed E-state index contributed by atoms with van der Waals surface area (Å²) in [6.07, 6.45) is 5.94. The van der Waals surface area contributed by atoms with Crippen molar-refractivity contribution in [1.82, 2.24) is 10.3 Å². The molecule has 0 unspecified atom stereocenters. The minimum absolute atomic E-state index is 0.0431. The molecule has 0 saturated heterocycles. The molecule has 3 rings (SSSR count). The largest absolute Gasteiger partial charge is 0.362 e. The van der Waals surface area contributed by atoms with E-state index in [2.05, 4.69) is 39.9 Å². The van der Waals surface area contributed by atoms with Crippen LogP contribution in [0.1, 0.15) is 31.2 Å². The highest BCUT2D eigenvalue weighted by molar-refractivity contribution is 7.80. The van der Waals surface area contributed by atoms with Gasteiger partial charge in [-0.2, -0.15) is 0 Å². The Hall–Kier alpha value is -2.54. The molecule has 0 atom stereocenters. The lowest BCUT2D eigenvalue weighted by Gasteiger charge is -2.30. The van der Waals surface area contributed by atoms with Crippen LogP contribution in [0.15, 0.2) is 48.7 Å². The van der Waals surface area contributed by atoms with Crippen molar-refractivity contribution in [1.29, 1.82) is 0 Å². The lowest BCUT2D eigenvalue weighted by molar-refractivity contribution is -0.385. The van der Waals surface area contributed by atoms with Crippen molar-refractivity contribution >= 4 is 28.8 Å². The molecule has 1 aromatic heterocycles. The number of hydrogen-bond acceptors (Lipinski definition) is 4. The maximum atomic E-state index is 10.7. The lowest BCUT2D eigenvalue weighted by Crippen LogP contribution is -2.40. The van der Waals surface area contributed by atoms with Crippen LogP contribution in [0.3, 0.4) is 0 Å². The molecule has 0 spiro atoms. The zero-order valence-corrected chi connectivity index (χ0v) is 14.6. The van der Waals surface area contributed by atoms with Gasteiger partial charge in [0.05, 0.1) is 4.92 Å². The van der Waals surface area contributed by atoms with Crippen LogP contribution in [0.25, 0.3) is 0 Å². The number of thiocarbonyl (C=S) groups is 1. The third kappa shape index (κ3) is 4.11. The first-order valence-electron chi connectivity index (χ1n) is 8.30. The molecule has 1 fully saturated rings. The van der Waals surface area contributed by atoms with E-state index in [4.69, 9.17) is 12.2 Å². The Morgan fingerprint density at radius 2 is 1.92 bits per heavy atom. The summed E-state index contributed by atoms with van der Waals surface area (Å²) in [5.74, 6) is 0.489. The molecule has 1 aliphatic carbocycles. The topological polar surface area (TPSA) is 80.1 Å². The minimum Gasteiger partial charge on any atom is -0.362 e. The van der Waals surface area contributed by atoms with E-state index >= 15 is 0 Å². The molecule has 2 N–H and O–H groups in total. The quantitative estimate of drug-likeness (QED) is 0.482. The number of rotatable bonds is 5. The van der Waals surface area contributed by atoms with Crippen molar-refractivity contribution in [3.05, 3.63) is 64.3 Å². The molecule has 130 valence electrons. The highest BCUT2D eigenvalue weighted by atomic mass is 32.1. The molecular formula is C18H20N4O2S. The van der Waals surface area contributed by atoms with Gasteiger partial charge >= 0.3 is 0 Å². The molecule has 1 aliphatic rings. The van der Waals surface area contributed by atoms with E-state index in [1.807, 2.05) is 6.07 Å². The number of nitrogens with zero attached hydrogens (tertiary/aromatic N) is 2. The summed E-state index contributed by atoms with van der Waals surface area (Å²) < 4.78 is 0. The molecule has 6 nitrogen and oxygen atoms in total. The summed E-state index contributed by atoms with van der Waals surface area (Å²) in [4.78, 5) is 14.2. The Labute approximate surface area is 151 Å². The predicted octanol–water partition coefficient (Wildman–Crippen LogP) is 3.79. The van der Waals surface area contributed by atoms with E-state index in [-0.39, 0.29) is 11.1 Å². The highest BCUT2D eigenvalue weighted by Gasteiger charge is 2.35. The van der Waals surface area contributed by atoms with E-state index in [9.17, 15) is 10.1 Å². The van der Waals surface area contributed by atoms with Crippen LogP contribution in [0, 0.1) is 10.1 Å². The first-order chi connectivity index (χ1) is 12.1. The van der Waals surface area contributed by atoms with Gasteiger partial charge in [-0.1, -0.05) is 43.2 Å². The maximum Gasteiger partial charge on any atom is 0.287 e. The smallest absolute Gasteiger partial charge is 0.287 e. The number of aromatic nitrogens is 1.